The van der Waals surface area contributed by atoms with Crippen molar-refractivity contribution in [2.75, 3.05) is 33.4 Å². The number of hydrogen-bond donors (Lipinski definition) is 1. The zero-order chi connectivity index (χ0) is 16.5. The van der Waals surface area contributed by atoms with Crippen LogP contribution in [0.5, 0.6) is 11.5 Å². The summed E-state index contributed by atoms with van der Waals surface area (Å²) in [4.78, 5) is 12.9. The van der Waals surface area contributed by atoms with E-state index in [-0.39, 0.29) is 6.42 Å². The van der Waals surface area contributed by atoms with Crippen LogP contribution in [0.3, 0.4) is 0 Å². The highest BCUT2D eigenvalue weighted by atomic mass is 79.9. The number of methoxy groups -OCH3 is 1. The van der Waals surface area contributed by atoms with Crippen molar-refractivity contribution in [3.63, 3.8) is 0 Å². The van der Waals surface area contributed by atoms with E-state index in [4.69, 9.17) is 14.6 Å². The van der Waals surface area contributed by atoms with Crippen LogP contribution in [-0.2, 0) is 11.2 Å². The Hall–Kier alpha value is -1.27. The monoisotopic (exact) mass is 373 g/mol. The maximum atomic E-state index is 10.7. The molecule has 0 saturated heterocycles. The van der Waals surface area contributed by atoms with E-state index >= 15 is 0 Å². The first-order valence-electron chi connectivity index (χ1n) is 7.45. The molecule has 22 heavy (non-hydrogen) atoms. The van der Waals surface area contributed by atoms with E-state index in [0.29, 0.717) is 24.5 Å². The maximum Gasteiger partial charge on any atom is 0.303 e. The van der Waals surface area contributed by atoms with Crippen LogP contribution in [0.4, 0.5) is 0 Å². The molecule has 1 aromatic carbocycles. The summed E-state index contributed by atoms with van der Waals surface area (Å²) in [6.07, 6.45) is 0.557. The van der Waals surface area contributed by atoms with Crippen LogP contribution in [0.2, 0.25) is 0 Å². The van der Waals surface area contributed by atoms with Crippen LogP contribution in [0.25, 0.3) is 0 Å². The SMILES string of the molecule is CCN(CC)CCOc1c(Br)cc(CCC(=O)O)cc1OC. The number of hydrogen-bond acceptors (Lipinski definition) is 4. The standard InChI is InChI=1S/C16H24BrNO4/c1-4-18(5-2)8-9-22-16-13(17)10-12(6-7-15(19)20)11-14(16)21-3/h10-11H,4-9H2,1-3H3,(H,19,20). The summed E-state index contributed by atoms with van der Waals surface area (Å²) in [7, 11) is 1.58. The second kappa shape index (κ2) is 9.69. The van der Waals surface area contributed by atoms with Crippen molar-refractivity contribution in [1.29, 1.82) is 0 Å². The fourth-order valence-corrected chi connectivity index (χ4v) is 2.73. The predicted molar refractivity (Wildman–Crippen MR) is 89.9 cm³/mol. The van der Waals surface area contributed by atoms with Gasteiger partial charge in [-0.2, -0.15) is 0 Å². The van der Waals surface area contributed by atoms with Gasteiger partial charge < -0.3 is 19.5 Å². The van der Waals surface area contributed by atoms with Crippen molar-refractivity contribution < 1.29 is 19.4 Å². The maximum absolute atomic E-state index is 10.7. The minimum absolute atomic E-state index is 0.0950. The molecule has 0 saturated carbocycles. The molecule has 0 radical (unpaired) electrons. The average molecular weight is 374 g/mol. The van der Waals surface area contributed by atoms with Gasteiger partial charge in [0.1, 0.15) is 6.61 Å². The summed E-state index contributed by atoms with van der Waals surface area (Å²) in [5, 5.41) is 8.77. The number of carboxylic acids is 1. The van der Waals surface area contributed by atoms with Crippen LogP contribution >= 0.6 is 15.9 Å². The van der Waals surface area contributed by atoms with Crippen molar-refractivity contribution in [2.45, 2.75) is 26.7 Å². The van der Waals surface area contributed by atoms with Crippen LogP contribution in [0, 0.1) is 0 Å². The number of likely N-dealkylation sites (N-methyl/N-ethyl adjacent to an activating group) is 1. The van der Waals surface area contributed by atoms with Gasteiger partial charge in [0.2, 0.25) is 0 Å². The van der Waals surface area contributed by atoms with Crippen molar-refractivity contribution >= 4 is 21.9 Å². The molecule has 0 atom stereocenters. The highest BCUT2D eigenvalue weighted by Crippen LogP contribution is 2.37. The zero-order valence-electron chi connectivity index (χ0n) is 13.4. The second-order valence-electron chi connectivity index (χ2n) is 4.88. The molecule has 0 aliphatic carbocycles. The highest BCUT2D eigenvalue weighted by Gasteiger charge is 2.13. The molecule has 0 unspecified atom stereocenters. The number of nitrogens with zero attached hydrogens (tertiary/aromatic N) is 1. The first kappa shape index (κ1) is 18.8. The van der Waals surface area contributed by atoms with Gasteiger partial charge in [-0.25, -0.2) is 0 Å². The fraction of sp³-hybridized carbons (Fsp3) is 0.562. The van der Waals surface area contributed by atoms with E-state index in [0.717, 1.165) is 29.7 Å². The average Bonchev–Trinajstić information content (AvgIpc) is 2.50. The lowest BCUT2D eigenvalue weighted by molar-refractivity contribution is -0.136. The lowest BCUT2D eigenvalue weighted by atomic mass is 10.1. The van der Waals surface area contributed by atoms with Gasteiger partial charge in [-0.15, -0.1) is 0 Å². The minimum Gasteiger partial charge on any atom is -0.493 e. The molecule has 0 heterocycles. The predicted octanol–water partition coefficient (Wildman–Crippen LogP) is 3.20. The van der Waals surface area contributed by atoms with Crippen molar-refractivity contribution in [3.05, 3.63) is 22.2 Å². The molecular formula is C16H24BrNO4. The van der Waals surface area contributed by atoms with Crippen LogP contribution < -0.4 is 9.47 Å². The summed E-state index contributed by atoms with van der Waals surface area (Å²) >= 11 is 3.48. The molecule has 1 N–H and O–H groups in total. The molecule has 0 aliphatic heterocycles. The van der Waals surface area contributed by atoms with E-state index in [1.165, 1.54) is 0 Å². The van der Waals surface area contributed by atoms with Crippen molar-refractivity contribution in [3.8, 4) is 11.5 Å². The van der Waals surface area contributed by atoms with E-state index in [1.54, 1.807) is 7.11 Å². The number of rotatable bonds is 10. The number of halogens is 1. The van der Waals surface area contributed by atoms with Crippen LogP contribution in [0.1, 0.15) is 25.8 Å². The minimum atomic E-state index is -0.811. The number of carbonyl (C=O) groups is 1. The molecule has 0 fully saturated rings. The Morgan fingerprint density at radius 2 is 2.00 bits per heavy atom. The van der Waals surface area contributed by atoms with Gasteiger partial charge in [0.15, 0.2) is 11.5 Å². The number of aryl methyl sites for hydroxylation is 1. The molecule has 1 rings (SSSR count). The molecule has 0 bridgehead atoms. The van der Waals surface area contributed by atoms with Gasteiger partial charge in [0.05, 0.1) is 11.6 Å². The smallest absolute Gasteiger partial charge is 0.303 e. The summed E-state index contributed by atoms with van der Waals surface area (Å²) < 4.78 is 12.0. The number of carboxylic acid groups (broad SMARTS) is 1. The van der Waals surface area contributed by atoms with E-state index in [1.807, 2.05) is 12.1 Å². The molecule has 6 heteroatoms. The third-order valence-electron chi connectivity index (χ3n) is 3.47. The van der Waals surface area contributed by atoms with Gasteiger partial charge in [0, 0.05) is 13.0 Å². The third-order valence-corrected chi connectivity index (χ3v) is 4.05. The molecule has 0 amide bonds. The summed E-state index contributed by atoms with van der Waals surface area (Å²) in [5.74, 6) is 0.470. The molecule has 0 aromatic heterocycles. The number of benzene rings is 1. The normalized spacial score (nSPS) is 10.8. The van der Waals surface area contributed by atoms with E-state index < -0.39 is 5.97 Å². The topological polar surface area (TPSA) is 59.0 Å². The first-order chi connectivity index (χ1) is 10.5. The van der Waals surface area contributed by atoms with Gasteiger partial charge in [-0.1, -0.05) is 13.8 Å². The van der Waals surface area contributed by atoms with E-state index in [2.05, 4.69) is 34.7 Å². The lowest BCUT2D eigenvalue weighted by Crippen LogP contribution is -2.28. The van der Waals surface area contributed by atoms with Crippen LogP contribution in [-0.4, -0.2) is 49.3 Å². The van der Waals surface area contributed by atoms with E-state index in [9.17, 15) is 4.79 Å². The fourth-order valence-electron chi connectivity index (χ4n) is 2.13. The Labute approximate surface area is 140 Å². The Bertz CT molecular complexity index is 489. The summed E-state index contributed by atoms with van der Waals surface area (Å²) in [5.41, 5.74) is 0.905. The summed E-state index contributed by atoms with van der Waals surface area (Å²) in [6, 6.07) is 3.72. The lowest BCUT2D eigenvalue weighted by Gasteiger charge is -2.19. The van der Waals surface area contributed by atoms with Crippen LogP contribution in [0.15, 0.2) is 16.6 Å². The largest absolute Gasteiger partial charge is 0.493 e. The number of ether oxygens (including phenoxy) is 2. The molecule has 124 valence electrons. The number of aliphatic carboxylic acids is 1. The summed E-state index contributed by atoms with van der Waals surface area (Å²) in [6.45, 7) is 7.65. The van der Waals surface area contributed by atoms with Gasteiger partial charge in [-0.05, 0) is 53.1 Å². The van der Waals surface area contributed by atoms with Crippen molar-refractivity contribution in [1.82, 2.24) is 4.90 Å². The first-order valence-corrected chi connectivity index (χ1v) is 8.24. The Kier molecular flexibility index (Phi) is 8.27. The Balaban J connectivity index is 2.75. The molecule has 0 spiro atoms. The molecule has 1 aromatic rings. The Morgan fingerprint density at radius 3 is 2.55 bits per heavy atom. The van der Waals surface area contributed by atoms with Gasteiger partial charge >= 0.3 is 5.97 Å². The molecule has 0 aliphatic rings. The molecule has 5 nitrogen and oxygen atoms in total. The third kappa shape index (κ3) is 5.85. The zero-order valence-corrected chi connectivity index (χ0v) is 15.0. The second-order valence-corrected chi connectivity index (χ2v) is 5.73. The molecular weight excluding hydrogens is 350 g/mol. The van der Waals surface area contributed by atoms with Crippen molar-refractivity contribution in [2.24, 2.45) is 0 Å². The van der Waals surface area contributed by atoms with Gasteiger partial charge in [0.25, 0.3) is 0 Å². The highest BCUT2D eigenvalue weighted by molar-refractivity contribution is 9.10. The quantitative estimate of drug-likeness (QED) is 0.682. The van der Waals surface area contributed by atoms with Gasteiger partial charge in [-0.3, -0.25) is 4.79 Å². The Morgan fingerprint density at radius 1 is 1.32 bits per heavy atom.